The van der Waals surface area contributed by atoms with E-state index in [4.69, 9.17) is 0 Å². The van der Waals surface area contributed by atoms with E-state index in [0.29, 0.717) is 23.7 Å². The van der Waals surface area contributed by atoms with Crippen molar-refractivity contribution in [2.24, 2.45) is 7.05 Å². The molecule has 1 N–H and O–H groups in total. The number of hydrogen-bond donors (Lipinski definition) is 1. The number of H-pyrrole nitrogens is 1. The van der Waals surface area contributed by atoms with Crippen molar-refractivity contribution in [2.75, 3.05) is 0 Å². The van der Waals surface area contributed by atoms with Crippen molar-refractivity contribution in [2.45, 2.75) is 34.2 Å². The first-order valence-corrected chi connectivity index (χ1v) is 9.06. The third-order valence-corrected chi connectivity index (χ3v) is 5.25. The van der Waals surface area contributed by atoms with Gasteiger partial charge in [-0.25, -0.2) is 9.48 Å². The molecule has 0 radical (unpaired) electrons. The van der Waals surface area contributed by atoms with Crippen molar-refractivity contribution in [1.82, 2.24) is 28.9 Å². The average Bonchev–Trinajstić information content (AvgIpc) is 3.13. The highest BCUT2D eigenvalue weighted by atomic mass is 16.2. The van der Waals surface area contributed by atoms with Gasteiger partial charge in [-0.05, 0) is 38.8 Å². The zero-order valence-electron chi connectivity index (χ0n) is 16.6. The number of aromatic nitrogens is 6. The summed E-state index contributed by atoms with van der Waals surface area (Å²) in [7, 11) is 1.60. The highest BCUT2D eigenvalue weighted by Crippen LogP contribution is 2.21. The number of imidazole rings is 1. The molecule has 8 heteroatoms. The van der Waals surface area contributed by atoms with E-state index in [-0.39, 0.29) is 0 Å². The Hall–Kier alpha value is -3.42. The third-order valence-electron chi connectivity index (χ3n) is 5.25. The summed E-state index contributed by atoms with van der Waals surface area (Å²) in [6, 6.07) is 8.08. The van der Waals surface area contributed by atoms with Crippen molar-refractivity contribution in [1.29, 1.82) is 0 Å². The van der Waals surface area contributed by atoms with Crippen molar-refractivity contribution in [3.63, 3.8) is 0 Å². The molecular weight excluding hydrogens is 356 g/mol. The minimum Gasteiger partial charge on any atom is -0.298 e. The van der Waals surface area contributed by atoms with Gasteiger partial charge in [0.15, 0.2) is 11.2 Å². The number of rotatable bonds is 3. The van der Waals surface area contributed by atoms with E-state index in [1.165, 1.54) is 4.57 Å². The molecule has 0 saturated heterocycles. The molecular formula is C20H22N6O2. The van der Waals surface area contributed by atoms with Crippen LogP contribution in [-0.2, 0) is 13.6 Å². The molecule has 0 spiro atoms. The van der Waals surface area contributed by atoms with Gasteiger partial charge < -0.3 is 0 Å². The molecule has 4 aromatic rings. The van der Waals surface area contributed by atoms with Crippen molar-refractivity contribution < 1.29 is 0 Å². The van der Waals surface area contributed by atoms with Gasteiger partial charge in [-0.3, -0.25) is 18.9 Å². The molecule has 0 amide bonds. The lowest BCUT2D eigenvalue weighted by molar-refractivity contribution is 0.700. The smallest absolute Gasteiger partial charge is 0.298 e. The van der Waals surface area contributed by atoms with E-state index in [1.54, 1.807) is 11.7 Å². The lowest BCUT2D eigenvalue weighted by Crippen LogP contribution is -2.29. The average molecular weight is 378 g/mol. The van der Waals surface area contributed by atoms with Gasteiger partial charge >= 0.3 is 5.69 Å². The fourth-order valence-corrected chi connectivity index (χ4v) is 3.44. The van der Waals surface area contributed by atoms with Crippen molar-refractivity contribution in [3.05, 3.63) is 73.2 Å². The molecule has 0 atom stereocenters. The van der Waals surface area contributed by atoms with Gasteiger partial charge in [0.1, 0.15) is 0 Å². The predicted octanol–water partition coefficient (Wildman–Crippen LogP) is 1.89. The van der Waals surface area contributed by atoms with Crippen LogP contribution in [0.25, 0.3) is 17.1 Å². The Kier molecular flexibility index (Phi) is 4.06. The Bertz CT molecular complexity index is 1340. The molecule has 4 rings (SSSR count). The molecule has 0 fully saturated rings. The number of hydrogen-bond acceptors (Lipinski definition) is 4. The SMILES string of the molecule is Cc1cccc(Cn2c(-n3nc(C)c(C)c3C)nc3c2c(=O)[nH]c(=O)n3C)c1. The molecule has 144 valence electrons. The number of fused-ring (bicyclic) bond motifs is 1. The van der Waals surface area contributed by atoms with Gasteiger partial charge in [-0.1, -0.05) is 29.8 Å². The lowest BCUT2D eigenvalue weighted by atomic mass is 10.1. The molecule has 0 aliphatic rings. The summed E-state index contributed by atoms with van der Waals surface area (Å²) in [5.74, 6) is 0.511. The number of aryl methyl sites for hydroxylation is 3. The highest BCUT2D eigenvalue weighted by Gasteiger charge is 2.21. The molecule has 28 heavy (non-hydrogen) atoms. The maximum Gasteiger partial charge on any atom is 0.329 e. The number of benzene rings is 1. The molecule has 0 aliphatic heterocycles. The number of nitrogens with zero attached hydrogens (tertiary/aromatic N) is 5. The quantitative estimate of drug-likeness (QED) is 0.589. The van der Waals surface area contributed by atoms with Gasteiger partial charge in [0.25, 0.3) is 5.56 Å². The molecule has 3 heterocycles. The largest absolute Gasteiger partial charge is 0.329 e. The van der Waals surface area contributed by atoms with Gasteiger partial charge in [-0.15, -0.1) is 0 Å². The summed E-state index contributed by atoms with van der Waals surface area (Å²) < 4.78 is 4.91. The first kappa shape index (κ1) is 18.0. The summed E-state index contributed by atoms with van der Waals surface area (Å²) in [5, 5.41) is 4.61. The molecule has 0 bridgehead atoms. The van der Waals surface area contributed by atoms with Crippen molar-refractivity contribution >= 4 is 11.2 Å². The maximum absolute atomic E-state index is 12.7. The monoisotopic (exact) mass is 378 g/mol. The topological polar surface area (TPSA) is 90.5 Å². The fraction of sp³-hybridized carbons (Fsp3) is 0.300. The Morgan fingerprint density at radius 1 is 1.11 bits per heavy atom. The van der Waals surface area contributed by atoms with Crippen LogP contribution < -0.4 is 11.2 Å². The van der Waals surface area contributed by atoms with Crippen LogP contribution in [0.1, 0.15) is 28.1 Å². The van der Waals surface area contributed by atoms with Gasteiger partial charge in [-0.2, -0.15) is 10.1 Å². The first-order chi connectivity index (χ1) is 13.3. The van der Waals surface area contributed by atoms with Crippen LogP contribution in [0.2, 0.25) is 0 Å². The Morgan fingerprint density at radius 2 is 1.86 bits per heavy atom. The molecule has 3 aromatic heterocycles. The number of nitrogens with one attached hydrogen (secondary N) is 1. The second kappa shape index (κ2) is 6.33. The normalized spacial score (nSPS) is 11.5. The second-order valence-corrected chi connectivity index (χ2v) is 7.19. The maximum atomic E-state index is 12.7. The van der Waals surface area contributed by atoms with Crippen LogP contribution in [0.3, 0.4) is 0 Å². The minimum absolute atomic E-state index is 0.335. The Labute approximate surface area is 161 Å². The zero-order valence-corrected chi connectivity index (χ0v) is 16.6. The van der Waals surface area contributed by atoms with Crippen LogP contribution in [0.4, 0.5) is 0 Å². The zero-order chi connectivity index (χ0) is 20.2. The van der Waals surface area contributed by atoms with Crippen LogP contribution in [-0.4, -0.2) is 28.9 Å². The summed E-state index contributed by atoms with van der Waals surface area (Å²) in [6.07, 6.45) is 0. The minimum atomic E-state index is -0.492. The van der Waals surface area contributed by atoms with E-state index in [1.807, 2.05) is 50.5 Å². The summed E-state index contributed by atoms with van der Waals surface area (Å²) >= 11 is 0. The van der Waals surface area contributed by atoms with E-state index >= 15 is 0 Å². The van der Waals surface area contributed by atoms with E-state index in [2.05, 4.69) is 21.1 Å². The van der Waals surface area contributed by atoms with Gasteiger partial charge in [0.05, 0.1) is 12.2 Å². The molecule has 8 nitrogen and oxygen atoms in total. The molecule has 0 unspecified atom stereocenters. The Balaban J connectivity index is 2.07. The third kappa shape index (κ3) is 2.69. The summed E-state index contributed by atoms with van der Waals surface area (Å²) in [5.41, 5.74) is 4.81. The lowest BCUT2D eigenvalue weighted by Gasteiger charge is -2.10. The standard InChI is InChI=1S/C20H22N6O2/c1-11-7-6-8-15(9-11)10-25-16-17(24(5)20(28)22-18(16)27)21-19(25)26-14(4)12(2)13(3)23-26/h6-9H,10H2,1-5H3,(H,22,27,28). The first-order valence-electron chi connectivity index (χ1n) is 9.06. The fourth-order valence-electron chi connectivity index (χ4n) is 3.44. The second-order valence-electron chi connectivity index (χ2n) is 7.19. The van der Waals surface area contributed by atoms with Crippen LogP contribution >= 0.6 is 0 Å². The van der Waals surface area contributed by atoms with E-state index in [9.17, 15) is 9.59 Å². The molecule has 0 aliphatic carbocycles. The van der Waals surface area contributed by atoms with Gasteiger partial charge in [0.2, 0.25) is 5.95 Å². The highest BCUT2D eigenvalue weighted by molar-refractivity contribution is 5.72. The van der Waals surface area contributed by atoms with E-state index in [0.717, 1.165) is 28.1 Å². The van der Waals surface area contributed by atoms with Crippen LogP contribution in [0.5, 0.6) is 0 Å². The summed E-state index contributed by atoms with van der Waals surface area (Å²) in [4.78, 5) is 31.8. The van der Waals surface area contributed by atoms with E-state index < -0.39 is 11.2 Å². The predicted molar refractivity (Wildman–Crippen MR) is 107 cm³/mol. The molecule has 1 aromatic carbocycles. The van der Waals surface area contributed by atoms with Crippen molar-refractivity contribution in [3.8, 4) is 5.95 Å². The Morgan fingerprint density at radius 3 is 2.50 bits per heavy atom. The summed E-state index contributed by atoms with van der Waals surface area (Å²) in [6.45, 7) is 8.37. The molecule has 0 saturated carbocycles. The van der Waals surface area contributed by atoms with Crippen LogP contribution in [0.15, 0.2) is 33.9 Å². The van der Waals surface area contributed by atoms with Crippen LogP contribution in [0, 0.1) is 27.7 Å². The van der Waals surface area contributed by atoms with Gasteiger partial charge in [0, 0.05) is 12.7 Å². The number of aromatic amines is 1.